The van der Waals surface area contributed by atoms with Crippen LogP contribution in [-0.2, 0) is 6.54 Å². The van der Waals surface area contributed by atoms with E-state index < -0.39 is 0 Å². The van der Waals surface area contributed by atoms with Crippen LogP contribution in [0.3, 0.4) is 0 Å². The zero-order chi connectivity index (χ0) is 16.8. The minimum atomic E-state index is 0.681. The number of aryl methyl sites for hydroxylation is 1. The Morgan fingerprint density at radius 2 is 2.04 bits per heavy atom. The van der Waals surface area contributed by atoms with Gasteiger partial charge in [0.15, 0.2) is 0 Å². The average Bonchev–Trinajstić information content (AvgIpc) is 2.78. The van der Waals surface area contributed by atoms with Crippen molar-refractivity contribution in [2.75, 3.05) is 13.1 Å². The lowest BCUT2D eigenvalue weighted by Crippen LogP contribution is -2.29. The smallest absolute Gasteiger partial charge is 0.0529 e. The van der Waals surface area contributed by atoms with Crippen molar-refractivity contribution in [2.45, 2.75) is 32.2 Å². The van der Waals surface area contributed by atoms with Crippen molar-refractivity contribution >= 4 is 23.2 Å². The van der Waals surface area contributed by atoms with Crippen molar-refractivity contribution in [2.24, 2.45) is 0 Å². The first kappa shape index (κ1) is 14.9. The zero-order valence-electron chi connectivity index (χ0n) is 14.7. The molecule has 1 aromatic carbocycles. The molecule has 0 atom stereocenters. The summed E-state index contributed by atoms with van der Waals surface area (Å²) in [7, 11) is 0. The third kappa shape index (κ3) is 2.50. The van der Waals surface area contributed by atoms with Gasteiger partial charge in [0.2, 0.25) is 0 Å². The van der Waals surface area contributed by atoms with E-state index in [1.54, 1.807) is 11.3 Å². The molecule has 0 radical (unpaired) electrons. The highest BCUT2D eigenvalue weighted by Gasteiger charge is 2.32. The number of piperidine rings is 1. The van der Waals surface area contributed by atoms with Gasteiger partial charge in [-0.3, -0.25) is 9.88 Å². The van der Waals surface area contributed by atoms with Crippen LogP contribution in [0.2, 0.25) is 0 Å². The van der Waals surface area contributed by atoms with Gasteiger partial charge in [-0.15, -0.1) is 0 Å². The first-order valence-electron chi connectivity index (χ1n) is 9.23. The monoisotopic (exact) mass is 329 g/mol. The van der Waals surface area contributed by atoms with E-state index in [1.807, 2.05) is 18.5 Å². The first-order valence-corrected chi connectivity index (χ1v) is 9.23. The van der Waals surface area contributed by atoms with Crippen molar-refractivity contribution in [1.82, 2.24) is 14.5 Å². The van der Waals surface area contributed by atoms with Crippen LogP contribution in [0.5, 0.6) is 0 Å². The molecule has 3 aromatic rings. The average molecular weight is 329 g/mol. The highest BCUT2D eigenvalue weighted by molar-refractivity contribution is 5.89. The number of benzene rings is 1. The molecule has 0 unspecified atom stereocenters. The molecule has 0 N–H and O–H groups in total. The molecule has 2 aromatic heterocycles. The van der Waals surface area contributed by atoms with Gasteiger partial charge in [0.05, 0.1) is 5.52 Å². The summed E-state index contributed by atoms with van der Waals surface area (Å²) in [5.41, 5.74) is 6.92. The maximum atomic E-state index is 4.23. The molecule has 5 heterocycles. The van der Waals surface area contributed by atoms with Crippen LogP contribution in [0, 0.1) is 6.92 Å². The van der Waals surface area contributed by atoms with Gasteiger partial charge in [0.1, 0.15) is 0 Å². The minimum Gasteiger partial charge on any atom is -0.320 e. The normalized spacial score (nSPS) is 22.4. The maximum absolute atomic E-state index is 4.23. The van der Waals surface area contributed by atoms with E-state index in [0.29, 0.717) is 5.92 Å². The Hall–Kier alpha value is -2.39. The van der Waals surface area contributed by atoms with Gasteiger partial charge >= 0.3 is 0 Å². The molecular weight excluding hydrogens is 306 g/mol. The predicted octanol–water partition coefficient (Wildman–Crippen LogP) is 4.67. The number of hydrogen-bond acceptors (Lipinski definition) is 2. The van der Waals surface area contributed by atoms with Crippen LogP contribution in [-0.4, -0.2) is 27.5 Å². The maximum Gasteiger partial charge on any atom is 0.0529 e. The second kappa shape index (κ2) is 5.85. The summed E-state index contributed by atoms with van der Waals surface area (Å²) in [5, 5.41) is 1.43. The molecule has 3 nitrogen and oxygen atoms in total. The van der Waals surface area contributed by atoms with Crippen molar-refractivity contribution in [1.29, 1.82) is 0 Å². The summed E-state index contributed by atoms with van der Waals surface area (Å²) in [4.78, 5) is 6.86. The molecule has 0 amide bonds. The Morgan fingerprint density at radius 3 is 2.84 bits per heavy atom. The molecule has 0 spiro atoms. The van der Waals surface area contributed by atoms with E-state index >= 15 is 0 Å². The third-order valence-corrected chi connectivity index (χ3v) is 5.76. The van der Waals surface area contributed by atoms with Crippen molar-refractivity contribution in [3.63, 3.8) is 0 Å². The zero-order valence-corrected chi connectivity index (χ0v) is 14.7. The SMILES string of the molecule is Cc1ccc2c(c1)c1c(n2C=Cc2cccnc2)C2CCN(CC2)C1. The van der Waals surface area contributed by atoms with Crippen LogP contribution in [0.15, 0.2) is 42.7 Å². The quantitative estimate of drug-likeness (QED) is 0.681. The summed E-state index contributed by atoms with van der Waals surface area (Å²) < 4.78 is 2.45. The molecule has 1 saturated heterocycles. The number of rotatable bonds is 2. The van der Waals surface area contributed by atoms with Crippen LogP contribution >= 0.6 is 0 Å². The third-order valence-electron chi connectivity index (χ3n) is 5.76. The van der Waals surface area contributed by atoms with E-state index in [1.165, 1.54) is 42.4 Å². The summed E-state index contributed by atoms with van der Waals surface area (Å²) in [6.45, 7) is 5.76. The van der Waals surface area contributed by atoms with Crippen LogP contribution in [0.4, 0.5) is 0 Å². The highest BCUT2D eigenvalue weighted by Crippen LogP contribution is 2.41. The Kier molecular flexibility index (Phi) is 3.49. The van der Waals surface area contributed by atoms with Crippen molar-refractivity contribution in [3.05, 3.63) is 65.1 Å². The van der Waals surface area contributed by atoms with E-state index in [2.05, 4.69) is 57.9 Å². The molecule has 6 rings (SSSR count). The molecule has 3 heteroatoms. The lowest BCUT2D eigenvalue weighted by Gasteiger charge is -2.27. The van der Waals surface area contributed by atoms with Crippen molar-refractivity contribution in [3.8, 4) is 0 Å². The van der Waals surface area contributed by atoms with Crippen LogP contribution in [0.1, 0.15) is 41.1 Å². The standard InChI is InChI=1S/C22H23N3/c1-16-4-5-21-19(13-16)20-15-24-10-7-18(8-11-24)22(20)25(21)12-6-17-3-2-9-23-14-17/h2-6,9,12-14,18H,7-8,10-11,15H2,1H3. The van der Waals surface area contributed by atoms with Gasteiger partial charge in [-0.25, -0.2) is 0 Å². The summed E-state index contributed by atoms with van der Waals surface area (Å²) in [6, 6.07) is 11.0. The molecule has 3 aliphatic heterocycles. The predicted molar refractivity (Wildman–Crippen MR) is 103 cm³/mol. The molecule has 0 saturated carbocycles. The second-order valence-corrected chi connectivity index (χ2v) is 7.41. The number of pyridine rings is 1. The Balaban J connectivity index is 1.72. The molecule has 2 bridgehead atoms. The largest absolute Gasteiger partial charge is 0.320 e. The van der Waals surface area contributed by atoms with Gasteiger partial charge in [-0.2, -0.15) is 0 Å². The van der Waals surface area contributed by atoms with Crippen LogP contribution < -0.4 is 0 Å². The van der Waals surface area contributed by atoms with Crippen LogP contribution in [0.25, 0.3) is 23.2 Å². The Labute approximate surface area is 148 Å². The number of hydrogen-bond donors (Lipinski definition) is 0. The highest BCUT2D eigenvalue weighted by atomic mass is 15.1. The van der Waals surface area contributed by atoms with Gasteiger partial charge in [0, 0.05) is 42.1 Å². The van der Waals surface area contributed by atoms with Gasteiger partial charge in [0.25, 0.3) is 0 Å². The summed E-state index contributed by atoms with van der Waals surface area (Å²) >= 11 is 0. The number of fused-ring (bicyclic) bond motifs is 3. The summed E-state index contributed by atoms with van der Waals surface area (Å²) in [5.74, 6) is 0.681. The van der Waals surface area contributed by atoms with Gasteiger partial charge in [-0.1, -0.05) is 17.7 Å². The fourth-order valence-corrected chi connectivity index (χ4v) is 4.51. The lowest BCUT2D eigenvalue weighted by molar-refractivity contribution is 0.220. The molecule has 3 aliphatic rings. The summed E-state index contributed by atoms with van der Waals surface area (Å²) in [6.07, 6.45) is 10.7. The number of nitrogens with zero attached hydrogens (tertiary/aromatic N) is 3. The number of aromatic nitrogens is 2. The molecule has 0 aliphatic carbocycles. The molecule has 25 heavy (non-hydrogen) atoms. The van der Waals surface area contributed by atoms with Gasteiger partial charge in [-0.05, 0) is 68.3 Å². The van der Waals surface area contributed by atoms with Gasteiger partial charge < -0.3 is 4.57 Å². The Bertz CT molecular complexity index is 944. The fraction of sp³-hybridized carbons (Fsp3) is 0.318. The molecule has 126 valence electrons. The topological polar surface area (TPSA) is 21.1 Å². The Morgan fingerprint density at radius 1 is 1.16 bits per heavy atom. The lowest BCUT2D eigenvalue weighted by atomic mass is 9.94. The molecular formula is C22H23N3. The van der Waals surface area contributed by atoms with Crippen molar-refractivity contribution < 1.29 is 0 Å². The van der Waals surface area contributed by atoms with E-state index in [0.717, 1.165) is 12.1 Å². The van der Waals surface area contributed by atoms with E-state index in [-0.39, 0.29) is 0 Å². The molecule has 1 fully saturated rings. The minimum absolute atomic E-state index is 0.681. The van der Waals surface area contributed by atoms with E-state index in [4.69, 9.17) is 0 Å². The fourth-order valence-electron chi connectivity index (χ4n) is 4.51. The van der Waals surface area contributed by atoms with E-state index in [9.17, 15) is 0 Å². The first-order chi connectivity index (χ1) is 12.3. The second-order valence-electron chi connectivity index (χ2n) is 7.41.